The first kappa shape index (κ1) is 13.9. The Morgan fingerprint density at radius 2 is 2.14 bits per heavy atom. The molecule has 1 aliphatic heterocycles. The second-order valence-corrected chi connectivity index (χ2v) is 4.95. The third kappa shape index (κ3) is 2.86. The number of nitrogens with one attached hydrogen (secondary N) is 1. The highest BCUT2D eigenvalue weighted by atomic mass is 35.5. The quantitative estimate of drug-likeness (QED) is 0.938. The van der Waals surface area contributed by atoms with Gasteiger partial charge in [0.05, 0.1) is 5.56 Å². The van der Waals surface area contributed by atoms with Crippen LogP contribution in [0.1, 0.15) is 15.9 Å². The van der Waals surface area contributed by atoms with E-state index < -0.39 is 5.91 Å². The molecule has 0 bridgehead atoms. The van der Waals surface area contributed by atoms with E-state index in [4.69, 9.17) is 32.7 Å². The van der Waals surface area contributed by atoms with E-state index >= 15 is 0 Å². The van der Waals surface area contributed by atoms with Crippen molar-refractivity contribution in [1.82, 2.24) is 15.5 Å². The minimum atomic E-state index is -0.395. The second kappa shape index (κ2) is 5.75. The summed E-state index contributed by atoms with van der Waals surface area (Å²) in [6.07, 6.45) is 0. The van der Waals surface area contributed by atoms with Gasteiger partial charge >= 0.3 is 0 Å². The molecule has 0 atom stereocenters. The zero-order valence-electron chi connectivity index (χ0n) is 10.6. The largest absolute Gasteiger partial charge is 0.454 e. The number of para-hydroxylation sites is 1. The lowest BCUT2D eigenvalue weighted by Gasteiger charge is -2.08. The zero-order chi connectivity index (χ0) is 14.8. The van der Waals surface area contributed by atoms with Crippen LogP contribution in [0.25, 0.3) is 0 Å². The van der Waals surface area contributed by atoms with Crippen molar-refractivity contribution in [3.05, 3.63) is 45.7 Å². The summed E-state index contributed by atoms with van der Waals surface area (Å²) in [4.78, 5) is 12.1. The molecule has 3 rings (SSSR count). The van der Waals surface area contributed by atoms with Gasteiger partial charge < -0.3 is 14.8 Å². The van der Waals surface area contributed by atoms with Crippen LogP contribution in [-0.4, -0.2) is 22.9 Å². The fraction of sp³-hybridized carbons (Fsp3) is 0.154. The minimum absolute atomic E-state index is 0.00484. The van der Waals surface area contributed by atoms with Gasteiger partial charge in [0.15, 0.2) is 21.8 Å². The number of nitrogens with zero attached hydrogens (tertiary/aromatic N) is 2. The molecule has 2 aromatic rings. The molecule has 0 saturated heterocycles. The number of rotatable bonds is 3. The molecule has 21 heavy (non-hydrogen) atoms. The van der Waals surface area contributed by atoms with Gasteiger partial charge in [0.25, 0.3) is 5.91 Å². The Kier molecular flexibility index (Phi) is 3.81. The van der Waals surface area contributed by atoms with Crippen molar-refractivity contribution < 1.29 is 14.3 Å². The van der Waals surface area contributed by atoms with Crippen LogP contribution < -0.4 is 14.8 Å². The third-order valence-electron chi connectivity index (χ3n) is 2.88. The Balaban J connectivity index is 1.75. The summed E-state index contributed by atoms with van der Waals surface area (Å²) in [6, 6.07) is 6.83. The van der Waals surface area contributed by atoms with Crippen molar-refractivity contribution in [2.45, 2.75) is 6.54 Å². The van der Waals surface area contributed by atoms with E-state index in [1.54, 1.807) is 6.07 Å². The standard InChI is InChI=1S/C13H9Cl2N3O3/c14-10-4-8(12(15)18-17-10)13(19)16-5-7-2-1-3-9-11(7)21-6-20-9/h1-4H,5-6H2,(H,16,19). The van der Waals surface area contributed by atoms with E-state index in [1.165, 1.54) is 6.07 Å². The van der Waals surface area contributed by atoms with E-state index in [2.05, 4.69) is 15.5 Å². The normalized spacial score (nSPS) is 12.3. The van der Waals surface area contributed by atoms with E-state index in [0.717, 1.165) is 5.56 Å². The van der Waals surface area contributed by atoms with Crippen LogP contribution in [-0.2, 0) is 6.54 Å². The summed E-state index contributed by atoms with van der Waals surface area (Å²) < 4.78 is 10.6. The number of hydrogen-bond donors (Lipinski definition) is 1. The maximum Gasteiger partial charge on any atom is 0.254 e. The first-order valence-corrected chi connectivity index (χ1v) is 6.75. The van der Waals surface area contributed by atoms with E-state index in [1.807, 2.05) is 12.1 Å². The summed E-state index contributed by atoms with van der Waals surface area (Å²) >= 11 is 11.5. The lowest BCUT2D eigenvalue weighted by molar-refractivity contribution is 0.0950. The van der Waals surface area contributed by atoms with Crippen molar-refractivity contribution in [1.29, 1.82) is 0 Å². The number of halogens is 2. The SMILES string of the molecule is O=C(NCc1cccc2c1OCO2)c1cc(Cl)nnc1Cl. The lowest BCUT2D eigenvalue weighted by Crippen LogP contribution is -2.23. The average molecular weight is 326 g/mol. The van der Waals surface area contributed by atoms with Crippen LogP contribution in [0, 0.1) is 0 Å². The highest BCUT2D eigenvalue weighted by Crippen LogP contribution is 2.35. The first-order valence-electron chi connectivity index (χ1n) is 5.99. The van der Waals surface area contributed by atoms with Crippen LogP contribution in [0.15, 0.2) is 24.3 Å². The van der Waals surface area contributed by atoms with Crippen molar-refractivity contribution in [2.24, 2.45) is 0 Å². The molecule has 0 aliphatic carbocycles. The maximum absolute atomic E-state index is 12.1. The molecular formula is C13H9Cl2N3O3. The molecule has 1 amide bonds. The highest BCUT2D eigenvalue weighted by molar-refractivity contribution is 6.34. The van der Waals surface area contributed by atoms with Crippen LogP contribution >= 0.6 is 23.2 Å². The molecule has 2 heterocycles. The molecular weight excluding hydrogens is 317 g/mol. The Morgan fingerprint density at radius 3 is 3.00 bits per heavy atom. The van der Waals surface area contributed by atoms with Gasteiger partial charge in [-0.05, 0) is 12.1 Å². The molecule has 1 aromatic heterocycles. The number of hydrogen-bond acceptors (Lipinski definition) is 5. The Hall–Kier alpha value is -2.05. The molecule has 1 N–H and O–H groups in total. The van der Waals surface area contributed by atoms with Crippen LogP contribution in [0.3, 0.4) is 0 Å². The predicted octanol–water partition coefficient (Wildman–Crippen LogP) is 2.44. The number of fused-ring (bicyclic) bond motifs is 1. The Labute approximate surface area is 130 Å². The number of amides is 1. The van der Waals surface area contributed by atoms with Gasteiger partial charge in [-0.2, -0.15) is 0 Å². The Morgan fingerprint density at radius 1 is 1.29 bits per heavy atom. The zero-order valence-corrected chi connectivity index (χ0v) is 12.1. The molecule has 8 heteroatoms. The first-order chi connectivity index (χ1) is 10.1. The summed E-state index contributed by atoms with van der Waals surface area (Å²) in [6.45, 7) is 0.442. The molecule has 0 spiro atoms. The van der Waals surface area contributed by atoms with Gasteiger partial charge in [-0.1, -0.05) is 35.3 Å². The fourth-order valence-electron chi connectivity index (χ4n) is 1.91. The smallest absolute Gasteiger partial charge is 0.254 e. The van der Waals surface area contributed by atoms with Gasteiger partial charge in [0, 0.05) is 12.1 Å². The van der Waals surface area contributed by atoms with Crippen molar-refractivity contribution in [2.75, 3.05) is 6.79 Å². The summed E-state index contributed by atoms with van der Waals surface area (Å²) in [5.74, 6) is 0.900. The number of aromatic nitrogens is 2. The average Bonchev–Trinajstić information content (AvgIpc) is 2.96. The Bertz CT molecular complexity index is 709. The number of carbonyl (C=O) groups is 1. The molecule has 6 nitrogen and oxygen atoms in total. The topological polar surface area (TPSA) is 73.3 Å². The molecule has 0 fully saturated rings. The summed E-state index contributed by atoms with van der Waals surface area (Å²) in [5.41, 5.74) is 0.976. The fourth-order valence-corrected chi connectivity index (χ4v) is 2.24. The number of ether oxygens (including phenoxy) is 2. The van der Waals surface area contributed by atoms with Crippen molar-refractivity contribution in [3.63, 3.8) is 0 Å². The lowest BCUT2D eigenvalue weighted by atomic mass is 10.2. The summed E-state index contributed by atoms with van der Waals surface area (Å²) in [7, 11) is 0. The highest BCUT2D eigenvalue weighted by Gasteiger charge is 2.18. The van der Waals surface area contributed by atoms with Crippen molar-refractivity contribution >= 4 is 29.1 Å². The van der Waals surface area contributed by atoms with E-state index in [0.29, 0.717) is 11.5 Å². The maximum atomic E-state index is 12.1. The molecule has 0 saturated carbocycles. The minimum Gasteiger partial charge on any atom is -0.454 e. The van der Waals surface area contributed by atoms with Gasteiger partial charge in [-0.15, -0.1) is 10.2 Å². The number of carbonyl (C=O) groups excluding carboxylic acids is 1. The van der Waals surface area contributed by atoms with Crippen LogP contribution in [0.5, 0.6) is 11.5 Å². The van der Waals surface area contributed by atoms with Crippen molar-refractivity contribution in [3.8, 4) is 11.5 Å². The van der Waals surface area contributed by atoms with Gasteiger partial charge in [0.1, 0.15) is 0 Å². The predicted molar refractivity (Wildman–Crippen MR) is 75.8 cm³/mol. The monoisotopic (exact) mass is 325 g/mol. The third-order valence-corrected chi connectivity index (χ3v) is 3.35. The van der Waals surface area contributed by atoms with E-state index in [-0.39, 0.29) is 29.2 Å². The van der Waals surface area contributed by atoms with Crippen LogP contribution in [0.2, 0.25) is 10.3 Å². The molecule has 108 valence electrons. The van der Waals surface area contributed by atoms with Gasteiger partial charge in [-0.3, -0.25) is 4.79 Å². The molecule has 1 aromatic carbocycles. The molecule has 1 aliphatic rings. The van der Waals surface area contributed by atoms with Crippen LogP contribution in [0.4, 0.5) is 0 Å². The molecule has 0 unspecified atom stereocenters. The van der Waals surface area contributed by atoms with Gasteiger partial charge in [-0.25, -0.2) is 0 Å². The van der Waals surface area contributed by atoms with E-state index in [9.17, 15) is 4.79 Å². The van der Waals surface area contributed by atoms with Gasteiger partial charge in [0.2, 0.25) is 6.79 Å². The summed E-state index contributed by atoms with van der Waals surface area (Å²) in [5, 5.41) is 9.97. The molecule has 0 radical (unpaired) electrons. The number of benzene rings is 1. The second-order valence-electron chi connectivity index (χ2n) is 4.21.